The van der Waals surface area contributed by atoms with E-state index in [1.807, 2.05) is 0 Å². The molecule has 1 aromatic rings. The van der Waals surface area contributed by atoms with Gasteiger partial charge >= 0.3 is 0 Å². The van der Waals surface area contributed by atoms with Gasteiger partial charge in [0.05, 0.1) is 6.61 Å². The lowest BCUT2D eigenvalue weighted by molar-refractivity contribution is 0.0995. The maximum atomic E-state index is 9.33. The molecule has 19 heavy (non-hydrogen) atoms. The van der Waals surface area contributed by atoms with Gasteiger partial charge in [0.1, 0.15) is 0 Å². The summed E-state index contributed by atoms with van der Waals surface area (Å²) >= 11 is 0. The fraction of sp³-hybridized carbons (Fsp3) is 0.625. The molecule has 3 heteroatoms. The quantitative estimate of drug-likeness (QED) is 0.758. The predicted molar refractivity (Wildman–Crippen MR) is 81.1 cm³/mol. The molecular formula is C16H28N2O. The molecule has 0 fully saturated rings. The number of rotatable bonds is 8. The molecule has 0 saturated carbocycles. The Labute approximate surface area is 117 Å². The predicted octanol–water partition coefficient (Wildman–Crippen LogP) is 2.48. The molecule has 1 unspecified atom stereocenters. The minimum absolute atomic E-state index is 0.179. The number of aliphatic hydroxyl groups is 1. The Balaban J connectivity index is 2.98. The standard InChI is InChI=1S/C16H28N2O/c1-4-15(5-2)18(10-11-19)16(12-17)14-8-6-13(3)7-9-14/h6-9,15-16,19H,4-5,10-12,17H2,1-3H3. The van der Waals surface area contributed by atoms with E-state index >= 15 is 0 Å². The molecule has 1 rings (SSSR count). The molecule has 0 saturated heterocycles. The Morgan fingerprint density at radius 3 is 2.16 bits per heavy atom. The third-order valence-corrected chi connectivity index (χ3v) is 3.86. The smallest absolute Gasteiger partial charge is 0.0558 e. The second kappa shape index (κ2) is 8.31. The van der Waals surface area contributed by atoms with Crippen molar-refractivity contribution in [3.63, 3.8) is 0 Å². The molecule has 0 aliphatic carbocycles. The molecule has 0 heterocycles. The van der Waals surface area contributed by atoms with Crippen molar-refractivity contribution < 1.29 is 5.11 Å². The van der Waals surface area contributed by atoms with Crippen LogP contribution in [-0.4, -0.2) is 35.7 Å². The first-order chi connectivity index (χ1) is 9.17. The van der Waals surface area contributed by atoms with Crippen molar-refractivity contribution >= 4 is 0 Å². The van der Waals surface area contributed by atoms with Crippen molar-refractivity contribution in [1.82, 2.24) is 4.90 Å². The summed E-state index contributed by atoms with van der Waals surface area (Å²) in [7, 11) is 0. The molecule has 1 atom stereocenters. The summed E-state index contributed by atoms with van der Waals surface area (Å²) in [5, 5.41) is 9.33. The van der Waals surface area contributed by atoms with Gasteiger partial charge in [0.15, 0.2) is 0 Å². The summed E-state index contributed by atoms with van der Waals surface area (Å²) in [5.41, 5.74) is 8.50. The largest absolute Gasteiger partial charge is 0.395 e. The molecular weight excluding hydrogens is 236 g/mol. The molecule has 0 aliphatic rings. The molecule has 1 aromatic carbocycles. The lowest BCUT2D eigenvalue weighted by Crippen LogP contribution is -2.42. The number of nitrogens with two attached hydrogens (primary N) is 1. The summed E-state index contributed by atoms with van der Waals surface area (Å²) in [4.78, 5) is 2.35. The van der Waals surface area contributed by atoms with E-state index in [0.29, 0.717) is 19.1 Å². The van der Waals surface area contributed by atoms with Crippen molar-refractivity contribution in [3.8, 4) is 0 Å². The van der Waals surface area contributed by atoms with E-state index in [1.54, 1.807) is 0 Å². The first-order valence-corrected chi connectivity index (χ1v) is 7.31. The third kappa shape index (κ3) is 4.30. The molecule has 0 bridgehead atoms. The average molecular weight is 264 g/mol. The summed E-state index contributed by atoms with van der Waals surface area (Å²) < 4.78 is 0. The van der Waals surface area contributed by atoms with Gasteiger partial charge in [-0.2, -0.15) is 0 Å². The molecule has 0 radical (unpaired) electrons. The summed E-state index contributed by atoms with van der Waals surface area (Å²) in [5.74, 6) is 0. The molecule has 3 N–H and O–H groups in total. The van der Waals surface area contributed by atoms with Gasteiger partial charge in [-0.1, -0.05) is 43.7 Å². The van der Waals surface area contributed by atoms with E-state index in [9.17, 15) is 5.11 Å². The lowest BCUT2D eigenvalue weighted by atomic mass is 10.00. The lowest BCUT2D eigenvalue weighted by Gasteiger charge is -2.37. The van der Waals surface area contributed by atoms with Crippen LogP contribution in [0.4, 0.5) is 0 Å². The highest BCUT2D eigenvalue weighted by Gasteiger charge is 2.24. The number of benzene rings is 1. The minimum Gasteiger partial charge on any atom is -0.395 e. The summed E-state index contributed by atoms with van der Waals surface area (Å²) in [6.07, 6.45) is 2.16. The van der Waals surface area contributed by atoms with E-state index in [4.69, 9.17) is 5.73 Å². The van der Waals surface area contributed by atoms with Gasteiger partial charge in [0.2, 0.25) is 0 Å². The number of hydrogen-bond donors (Lipinski definition) is 2. The van der Waals surface area contributed by atoms with Crippen molar-refractivity contribution in [2.75, 3.05) is 19.7 Å². The fourth-order valence-electron chi connectivity index (χ4n) is 2.72. The van der Waals surface area contributed by atoms with E-state index in [0.717, 1.165) is 12.8 Å². The van der Waals surface area contributed by atoms with Crippen LogP contribution in [0.2, 0.25) is 0 Å². The number of hydrogen-bond acceptors (Lipinski definition) is 3. The Morgan fingerprint density at radius 2 is 1.74 bits per heavy atom. The highest BCUT2D eigenvalue weighted by Crippen LogP contribution is 2.24. The van der Waals surface area contributed by atoms with Gasteiger partial charge in [-0.25, -0.2) is 0 Å². The molecule has 3 nitrogen and oxygen atoms in total. The average Bonchev–Trinajstić information content (AvgIpc) is 2.43. The van der Waals surface area contributed by atoms with Crippen molar-refractivity contribution in [2.24, 2.45) is 5.73 Å². The summed E-state index contributed by atoms with van der Waals surface area (Å²) in [6, 6.07) is 9.23. The molecule has 108 valence electrons. The normalized spacial score (nSPS) is 13.2. The summed E-state index contributed by atoms with van der Waals surface area (Å²) in [6.45, 7) is 7.93. The highest BCUT2D eigenvalue weighted by atomic mass is 16.3. The Hall–Kier alpha value is -0.900. The van der Waals surface area contributed by atoms with Crippen molar-refractivity contribution in [3.05, 3.63) is 35.4 Å². The molecule has 0 aliphatic heterocycles. The zero-order valence-corrected chi connectivity index (χ0v) is 12.5. The Morgan fingerprint density at radius 1 is 1.16 bits per heavy atom. The van der Waals surface area contributed by atoms with Gasteiger partial charge in [-0.15, -0.1) is 0 Å². The van der Waals surface area contributed by atoms with Crippen LogP contribution in [0.3, 0.4) is 0 Å². The first kappa shape index (κ1) is 16.2. The Bertz CT molecular complexity index is 346. The second-order valence-corrected chi connectivity index (χ2v) is 5.09. The molecule has 0 spiro atoms. The maximum Gasteiger partial charge on any atom is 0.0558 e. The number of nitrogens with zero attached hydrogens (tertiary/aromatic N) is 1. The van der Waals surface area contributed by atoms with Gasteiger partial charge in [-0.05, 0) is 25.3 Å². The zero-order chi connectivity index (χ0) is 14.3. The van der Waals surface area contributed by atoms with Gasteiger partial charge < -0.3 is 10.8 Å². The molecule has 0 aromatic heterocycles. The SMILES string of the molecule is CCC(CC)N(CCO)C(CN)c1ccc(C)cc1. The number of aryl methyl sites for hydroxylation is 1. The maximum absolute atomic E-state index is 9.33. The Kier molecular flexibility index (Phi) is 7.06. The van der Waals surface area contributed by atoms with E-state index in [2.05, 4.69) is 49.9 Å². The van der Waals surface area contributed by atoms with Crippen LogP contribution >= 0.6 is 0 Å². The first-order valence-electron chi connectivity index (χ1n) is 7.31. The van der Waals surface area contributed by atoms with Crippen LogP contribution in [0, 0.1) is 6.92 Å². The topological polar surface area (TPSA) is 49.5 Å². The minimum atomic E-state index is 0.179. The van der Waals surface area contributed by atoms with E-state index < -0.39 is 0 Å². The van der Waals surface area contributed by atoms with Crippen LogP contribution < -0.4 is 5.73 Å². The molecule has 0 amide bonds. The van der Waals surface area contributed by atoms with Crippen molar-refractivity contribution in [2.45, 2.75) is 45.7 Å². The third-order valence-electron chi connectivity index (χ3n) is 3.86. The van der Waals surface area contributed by atoms with Gasteiger partial charge in [0.25, 0.3) is 0 Å². The van der Waals surface area contributed by atoms with Crippen LogP contribution in [0.25, 0.3) is 0 Å². The second-order valence-electron chi connectivity index (χ2n) is 5.09. The fourth-order valence-corrected chi connectivity index (χ4v) is 2.72. The van der Waals surface area contributed by atoms with Crippen LogP contribution in [0.5, 0.6) is 0 Å². The van der Waals surface area contributed by atoms with Crippen LogP contribution in [0.1, 0.15) is 43.9 Å². The highest BCUT2D eigenvalue weighted by molar-refractivity contribution is 5.24. The monoisotopic (exact) mass is 264 g/mol. The zero-order valence-electron chi connectivity index (χ0n) is 12.5. The number of aliphatic hydroxyl groups excluding tert-OH is 1. The van der Waals surface area contributed by atoms with E-state index in [-0.39, 0.29) is 12.6 Å². The van der Waals surface area contributed by atoms with Gasteiger partial charge in [-0.3, -0.25) is 4.90 Å². The van der Waals surface area contributed by atoms with Crippen LogP contribution in [0.15, 0.2) is 24.3 Å². The van der Waals surface area contributed by atoms with Crippen molar-refractivity contribution in [1.29, 1.82) is 0 Å². The van der Waals surface area contributed by atoms with Gasteiger partial charge in [0, 0.05) is 25.2 Å². The van der Waals surface area contributed by atoms with Crippen LogP contribution in [-0.2, 0) is 0 Å². The van der Waals surface area contributed by atoms with E-state index in [1.165, 1.54) is 11.1 Å².